The number of hydrogen-bond acceptors (Lipinski definition) is 4. The Morgan fingerprint density at radius 1 is 1.31 bits per heavy atom. The van der Waals surface area contributed by atoms with Crippen molar-refractivity contribution in [2.24, 2.45) is 0 Å². The predicted molar refractivity (Wildman–Crippen MR) is 57.2 cm³/mol. The highest BCUT2D eigenvalue weighted by molar-refractivity contribution is 5.81. The number of ether oxygens (including phenoxy) is 2. The van der Waals surface area contributed by atoms with Crippen LogP contribution in [0.4, 0.5) is 0 Å². The smallest absolute Gasteiger partial charge is 0.326 e. The van der Waals surface area contributed by atoms with E-state index < -0.39 is 12.0 Å². The first-order chi connectivity index (χ1) is 7.57. The van der Waals surface area contributed by atoms with Crippen molar-refractivity contribution in [1.29, 1.82) is 0 Å². The van der Waals surface area contributed by atoms with Crippen molar-refractivity contribution in [1.82, 2.24) is 5.32 Å². The second-order valence-electron chi connectivity index (χ2n) is 3.34. The van der Waals surface area contributed by atoms with Crippen molar-refractivity contribution in [2.45, 2.75) is 25.8 Å². The molecule has 0 spiro atoms. The standard InChI is InChI=1S/C10H19NO5/c1-8(12)11-9(10(13)14)4-3-5-16-7-6-15-2/h9H,3-7H2,1-2H3,(H,11,12)(H,13,14). The lowest BCUT2D eigenvalue weighted by Gasteiger charge is -2.12. The summed E-state index contributed by atoms with van der Waals surface area (Å²) in [7, 11) is 1.58. The number of hydrogen-bond donors (Lipinski definition) is 2. The Balaban J connectivity index is 3.60. The normalized spacial score (nSPS) is 12.1. The first-order valence-corrected chi connectivity index (χ1v) is 5.14. The average Bonchev–Trinajstić information content (AvgIpc) is 2.20. The van der Waals surface area contributed by atoms with Gasteiger partial charge in [-0.05, 0) is 12.8 Å². The van der Waals surface area contributed by atoms with Gasteiger partial charge in [-0.1, -0.05) is 0 Å². The Bertz CT molecular complexity index is 219. The quantitative estimate of drug-likeness (QED) is 0.548. The van der Waals surface area contributed by atoms with Gasteiger partial charge in [-0.15, -0.1) is 0 Å². The summed E-state index contributed by atoms with van der Waals surface area (Å²) in [6.45, 7) is 2.78. The molecule has 0 heterocycles. The summed E-state index contributed by atoms with van der Waals surface area (Å²) in [5.74, 6) is -1.36. The molecule has 0 aromatic heterocycles. The molecule has 0 aliphatic carbocycles. The zero-order valence-corrected chi connectivity index (χ0v) is 9.69. The van der Waals surface area contributed by atoms with Gasteiger partial charge in [0.2, 0.25) is 5.91 Å². The highest BCUT2D eigenvalue weighted by atomic mass is 16.5. The molecule has 2 N–H and O–H groups in total. The van der Waals surface area contributed by atoms with Crippen molar-refractivity contribution in [3.8, 4) is 0 Å². The molecule has 0 bridgehead atoms. The Morgan fingerprint density at radius 3 is 2.50 bits per heavy atom. The number of amides is 1. The van der Waals surface area contributed by atoms with Gasteiger partial charge >= 0.3 is 5.97 Å². The first kappa shape index (κ1) is 14.9. The van der Waals surface area contributed by atoms with E-state index in [1.165, 1.54) is 6.92 Å². The molecule has 0 aromatic rings. The van der Waals surface area contributed by atoms with Crippen molar-refractivity contribution in [3.05, 3.63) is 0 Å². The minimum Gasteiger partial charge on any atom is -0.480 e. The molecule has 0 fully saturated rings. The molecule has 0 radical (unpaired) electrons. The number of rotatable bonds is 9. The maximum Gasteiger partial charge on any atom is 0.326 e. The number of carboxylic acid groups (broad SMARTS) is 1. The van der Waals surface area contributed by atoms with Gasteiger partial charge in [0, 0.05) is 20.6 Å². The van der Waals surface area contributed by atoms with E-state index in [0.29, 0.717) is 32.7 Å². The lowest BCUT2D eigenvalue weighted by Crippen LogP contribution is -2.39. The van der Waals surface area contributed by atoms with Crippen LogP contribution in [0, 0.1) is 0 Å². The zero-order valence-electron chi connectivity index (χ0n) is 9.69. The fourth-order valence-corrected chi connectivity index (χ4v) is 1.14. The molecule has 0 aliphatic heterocycles. The maximum absolute atomic E-state index is 10.7. The third kappa shape index (κ3) is 8.19. The monoisotopic (exact) mass is 233 g/mol. The van der Waals surface area contributed by atoms with E-state index >= 15 is 0 Å². The molecule has 6 nitrogen and oxygen atoms in total. The van der Waals surface area contributed by atoms with Gasteiger partial charge in [-0.25, -0.2) is 4.79 Å². The first-order valence-electron chi connectivity index (χ1n) is 5.14. The summed E-state index contributed by atoms with van der Waals surface area (Å²) in [5, 5.41) is 11.2. The van der Waals surface area contributed by atoms with E-state index in [1.54, 1.807) is 7.11 Å². The summed E-state index contributed by atoms with van der Waals surface area (Å²) >= 11 is 0. The summed E-state index contributed by atoms with van der Waals surface area (Å²) in [6, 6.07) is -0.830. The lowest BCUT2D eigenvalue weighted by atomic mass is 10.1. The van der Waals surface area contributed by atoms with Crippen LogP contribution in [0.2, 0.25) is 0 Å². The summed E-state index contributed by atoms with van der Waals surface area (Å²) < 4.78 is 9.96. The summed E-state index contributed by atoms with van der Waals surface area (Å²) in [5.41, 5.74) is 0. The molecule has 0 rings (SSSR count). The fraction of sp³-hybridized carbons (Fsp3) is 0.800. The fourth-order valence-electron chi connectivity index (χ4n) is 1.14. The van der Waals surface area contributed by atoms with Gasteiger partial charge in [-0.3, -0.25) is 4.79 Å². The molecule has 0 aliphatic rings. The van der Waals surface area contributed by atoms with Crippen LogP contribution in [0.15, 0.2) is 0 Å². The van der Waals surface area contributed by atoms with Crippen LogP contribution in [0.25, 0.3) is 0 Å². The third-order valence-electron chi connectivity index (χ3n) is 1.89. The molecule has 1 amide bonds. The Labute approximate surface area is 94.9 Å². The molecule has 1 unspecified atom stereocenters. The second-order valence-corrected chi connectivity index (χ2v) is 3.34. The minimum absolute atomic E-state index is 0.340. The van der Waals surface area contributed by atoms with Crippen LogP contribution in [0.5, 0.6) is 0 Å². The highest BCUT2D eigenvalue weighted by Gasteiger charge is 2.17. The molecule has 1 atom stereocenters. The van der Waals surface area contributed by atoms with E-state index in [0.717, 1.165) is 0 Å². The molecule has 16 heavy (non-hydrogen) atoms. The van der Waals surface area contributed by atoms with Gasteiger partial charge in [0.15, 0.2) is 0 Å². The van der Waals surface area contributed by atoms with Gasteiger partial charge in [0.1, 0.15) is 6.04 Å². The van der Waals surface area contributed by atoms with E-state index in [-0.39, 0.29) is 5.91 Å². The van der Waals surface area contributed by atoms with Crippen molar-refractivity contribution in [2.75, 3.05) is 26.9 Å². The van der Waals surface area contributed by atoms with Crippen LogP contribution in [-0.2, 0) is 19.1 Å². The van der Waals surface area contributed by atoms with Crippen LogP contribution >= 0.6 is 0 Å². The zero-order chi connectivity index (χ0) is 12.4. The molecule has 0 saturated carbocycles. The molecule has 0 saturated heterocycles. The van der Waals surface area contributed by atoms with E-state index in [1.807, 2.05) is 0 Å². The van der Waals surface area contributed by atoms with E-state index in [4.69, 9.17) is 14.6 Å². The van der Waals surface area contributed by atoms with Crippen LogP contribution in [0.1, 0.15) is 19.8 Å². The number of carbonyl (C=O) groups is 2. The maximum atomic E-state index is 10.7. The highest BCUT2D eigenvalue weighted by Crippen LogP contribution is 1.98. The van der Waals surface area contributed by atoms with Crippen molar-refractivity contribution in [3.63, 3.8) is 0 Å². The van der Waals surface area contributed by atoms with Gasteiger partial charge in [0.05, 0.1) is 13.2 Å². The molecular formula is C10H19NO5. The van der Waals surface area contributed by atoms with E-state index in [2.05, 4.69) is 5.32 Å². The number of nitrogens with one attached hydrogen (secondary N) is 1. The van der Waals surface area contributed by atoms with Gasteiger partial charge in [-0.2, -0.15) is 0 Å². The van der Waals surface area contributed by atoms with Crippen molar-refractivity contribution >= 4 is 11.9 Å². The lowest BCUT2D eigenvalue weighted by molar-refractivity contribution is -0.141. The molecule has 6 heteroatoms. The number of carboxylic acids is 1. The van der Waals surface area contributed by atoms with Gasteiger partial charge < -0.3 is 19.9 Å². The molecular weight excluding hydrogens is 214 g/mol. The van der Waals surface area contributed by atoms with Crippen molar-refractivity contribution < 1.29 is 24.2 Å². The largest absolute Gasteiger partial charge is 0.480 e. The average molecular weight is 233 g/mol. The topological polar surface area (TPSA) is 84.9 Å². The Kier molecular flexibility index (Phi) is 8.46. The van der Waals surface area contributed by atoms with E-state index in [9.17, 15) is 9.59 Å². The second kappa shape index (κ2) is 9.11. The predicted octanol–water partition coefficient (Wildman–Crippen LogP) is 0.0189. The summed E-state index contributed by atoms with van der Waals surface area (Å²) in [6.07, 6.45) is 0.947. The molecule has 0 aromatic carbocycles. The third-order valence-corrected chi connectivity index (χ3v) is 1.89. The molecule has 94 valence electrons. The number of aliphatic carboxylic acids is 1. The Hall–Kier alpha value is -1.14. The SMILES string of the molecule is COCCOCCCC(NC(C)=O)C(=O)O. The summed E-state index contributed by atoms with van der Waals surface area (Å²) in [4.78, 5) is 21.4. The van der Waals surface area contributed by atoms with Gasteiger partial charge in [0.25, 0.3) is 0 Å². The van der Waals surface area contributed by atoms with Crippen LogP contribution < -0.4 is 5.32 Å². The number of methoxy groups -OCH3 is 1. The minimum atomic E-state index is -1.02. The Morgan fingerprint density at radius 2 is 2.00 bits per heavy atom. The van der Waals surface area contributed by atoms with Crippen LogP contribution in [0.3, 0.4) is 0 Å². The number of carbonyl (C=O) groups excluding carboxylic acids is 1. The van der Waals surface area contributed by atoms with Crippen LogP contribution in [-0.4, -0.2) is 50.0 Å².